The average Bonchev–Trinajstić information content (AvgIpc) is 3.25. The molecule has 0 N–H and O–H groups in total. The molecule has 6 heteroatoms. The molecule has 0 aromatic carbocycles. The van der Waals surface area contributed by atoms with Crippen LogP contribution in [0.5, 0.6) is 0 Å². The molecule has 4 aromatic heterocycles. The summed E-state index contributed by atoms with van der Waals surface area (Å²) in [4.78, 5) is 9.58. The van der Waals surface area contributed by atoms with Crippen LogP contribution in [-0.4, -0.2) is 14.4 Å². The van der Waals surface area contributed by atoms with E-state index >= 15 is 0 Å². The quantitative estimate of drug-likeness (QED) is 0.577. The van der Waals surface area contributed by atoms with Crippen molar-refractivity contribution in [3.63, 3.8) is 0 Å². The van der Waals surface area contributed by atoms with E-state index in [0.29, 0.717) is 0 Å². The first-order chi connectivity index (χ1) is 10.9. The second-order valence-corrected chi connectivity index (χ2v) is 5.53. The lowest BCUT2D eigenvalue weighted by molar-refractivity contribution is 0.579. The molecule has 0 saturated heterocycles. The number of thiazole rings is 1. The van der Waals surface area contributed by atoms with E-state index in [0.717, 1.165) is 33.4 Å². The summed E-state index contributed by atoms with van der Waals surface area (Å²) in [5, 5.41) is 11.2. The summed E-state index contributed by atoms with van der Waals surface area (Å²) >= 11 is 1.53. The van der Waals surface area contributed by atoms with Crippen molar-refractivity contribution in [3.8, 4) is 28.8 Å². The highest BCUT2D eigenvalue weighted by molar-refractivity contribution is 7.15. The number of hydrogen-bond donors (Lipinski definition) is 0. The van der Waals surface area contributed by atoms with Crippen molar-refractivity contribution < 1.29 is 4.42 Å². The number of furan rings is 1. The normalized spacial score (nSPS) is 10.9. The molecular formula is C16H10N4OS. The van der Waals surface area contributed by atoms with Crippen LogP contribution in [0.4, 0.5) is 0 Å². The van der Waals surface area contributed by atoms with Crippen LogP contribution in [0, 0.1) is 11.3 Å². The first-order valence-corrected chi connectivity index (χ1v) is 7.56. The van der Waals surface area contributed by atoms with Crippen molar-refractivity contribution in [1.29, 1.82) is 5.26 Å². The number of rotatable bonds is 3. The van der Waals surface area contributed by atoms with Gasteiger partial charge < -0.3 is 4.42 Å². The highest BCUT2D eigenvalue weighted by Crippen LogP contribution is 2.33. The molecule has 4 rings (SSSR count). The molecule has 0 atom stereocenters. The van der Waals surface area contributed by atoms with Crippen molar-refractivity contribution in [3.05, 3.63) is 54.0 Å². The van der Waals surface area contributed by atoms with Gasteiger partial charge in [0.15, 0.2) is 10.7 Å². The molecule has 0 bridgehead atoms. The third kappa shape index (κ3) is 1.91. The minimum Gasteiger partial charge on any atom is -0.463 e. The van der Waals surface area contributed by atoms with Crippen LogP contribution in [0.2, 0.25) is 0 Å². The molecule has 22 heavy (non-hydrogen) atoms. The van der Waals surface area contributed by atoms with Gasteiger partial charge in [-0.15, -0.1) is 11.3 Å². The lowest BCUT2D eigenvalue weighted by atomic mass is 10.1. The van der Waals surface area contributed by atoms with Gasteiger partial charge in [-0.1, -0.05) is 0 Å². The number of fused-ring (bicyclic) bond motifs is 1. The Morgan fingerprint density at radius 1 is 1.27 bits per heavy atom. The SMILES string of the molecule is N#CCc1c(-c2ccncc2)nc2scc(-c3ccco3)n12. The molecule has 0 aliphatic heterocycles. The van der Waals surface area contributed by atoms with Crippen molar-refractivity contribution in [1.82, 2.24) is 14.4 Å². The fourth-order valence-electron chi connectivity index (χ4n) is 2.49. The smallest absolute Gasteiger partial charge is 0.195 e. The Hall–Kier alpha value is -2.91. The fourth-order valence-corrected chi connectivity index (χ4v) is 3.39. The Bertz CT molecular complexity index is 961. The van der Waals surface area contributed by atoms with Crippen molar-refractivity contribution >= 4 is 16.3 Å². The molecule has 0 aliphatic carbocycles. The predicted molar refractivity (Wildman–Crippen MR) is 83.3 cm³/mol. The molecule has 0 unspecified atom stereocenters. The Morgan fingerprint density at radius 2 is 2.14 bits per heavy atom. The Balaban J connectivity index is 2.00. The monoisotopic (exact) mass is 306 g/mol. The summed E-state index contributed by atoms with van der Waals surface area (Å²) < 4.78 is 7.50. The first kappa shape index (κ1) is 12.8. The van der Waals surface area contributed by atoms with Crippen molar-refractivity contribution in [2.75, 3.05) is 0 Å². The molecule has 0 amide bonds. The maximum absolute atomic E-state index is 9.20. The lowest BCUT2D eigenvalue weighted by Gasteiger charge is -2.02. The standard InChI is InChI=1S/C16H10N4OS/c17-6-3-12-15(11-4-7-18-8-5-11)19-16-20(12)13(10-22-16)14-2-1-9-21-14/h1-2,4-5,7-10H,3H2. The topological polar surface area (TPSA) is 67.1 Å². The largest absolute Gasteiger partial charge is 0.463 e. The summed E-state index contributed by atoms with van der Waals surface area (Å²) in [6.45, 7) is 0. The molecular weight excluding hydrogens is 296 g/mol. The maximum atomic E-state index is 9.20. The van der Waals surface area contributed by atoms with Gasteiger partial charge in [-0.25, -0.2) is 4.98 Å². The van der Waals surface area contributed by atoms with Gasteiger partial charge in [0.25, 0.3) is 0 Å². The zero-order valence-electron chi connectivity index (χ0n) is 11.4. The van der Waals surface area contributed by atoms with Crippen LogP contribution in [0.3, 0.4) is 0 Å². The number of imidazole rings is 1. The molecule has 4 aromatic rings. The highest BCUT2D eigenvalue weighted by atomic mass is 32.1. The molecule has 0 fully saturated rings. The average molecular weight is 306 g/mol. The molecule has 4 heterocycles. The van der Waals surface area contributed by atoms with E-state index in [-0.39, 0.29) is 6.42 Å². The number of pyridine rings is 1. The van der Waals surface area contributed by atoms with Crippen LogP contribution >= 0.6 is 11.3 Å². The van der Waals surface area contributed by atoms with Gasteiger partial charge in [-0.05, 0) is 24.3 Å². The van der Waals surface area contributed by atoms with Crippen LogP contribution in [-0.2, 0) is 6.42 Å². The fraction of sp³-hybridized carbons (Fsp3) is 0.0625. The van der Waals surface area contributed by atoms with Gasteiger partial charge in [0, 0.05) is 23.3 Å². The van der Waals surface area contributed by atoms with E-state index in [9.17, 15) is 5.26 Å². The summed E-state index contributed by atoms with van der Waals surface area (Å²) in [6.07, 6.45) is 5.38. The minimum atomic E-state index is 0.281. The number of nitriles is 1. The van der Waals surface area contributed by atoms with E-state index in [1.54, 1.807) is 18.7 Å². The van der Waals surface area contributed by atoms with E-state index < -0.39 is 0 Å². The second-order valence-electron chi connectivity index (χ2n) is 4.69. The molecule has 5 nitrogen and oxygen atoms in total. The van der Waals surface area contributed by atoms with Crippen molar-refractivity contribution in [2.24, 2.45) is 0 Å². The first-order valence-electron chi connectivity index (χ1n) is 6.68. The lowest BCUT2D eigenvalue weighted by Crippen LogP contribution is -1.94. The Kier molecular flexibility index (Phi) is 2.99. The van der Waals surface area contributed by atoms with Gasteiger partial charge in [0.05, 0.1) is 30.1 Å². The number of nitrogens with zero attached hydrogens (tertiary/aromatic N) is 4. The van der Waals surface area contributed by atoms with E-state index in [1.807, 2.05) is 34.0 Å². The van der Waals surface area contributed by atoms with Crippen LogP contribution in [0.25, 0.3) is 27.7 Å². The van der Waals surface area contributed by atoms with Crippen LogP contribution in [0.15, 0.2) is 52.7 Å². The molecule has 0 saturated carbocycles. The number of hydrogen-bond acceptors (Lipinski definition) is 5. The summed E-state index contributed by atoms with van der Waals surface area (Å²) in [7, 11) is 0. The van der Waals surface area contributed by atoms with E-state index in [4.69, 9.17) is 9.40 Å². The third-order valence-corrected chi connectivity index (χ3v) is 4.26. The molecule has 106 valence electrons. The summed E-state index contributed by atoms with van der Waals surface area (Å²) in [5.41, 5.74) is 3.57. The summed E-state index contributed by atoms with van der Waals surface area (Å²) in [5.74, 6) is 0.768. The van der Waals surface area contributed by atoms with Gasteiger partial charge in [0.1, 0.15) is 5.69 Å². The van der Waals surface area contributed by atoms with Gasteiger partial charge in [0.2, 0.25) is 0 Å². The zero-order chi connectivity index (χ0) is 14.9. The molecule has 0 radical (unpaired) electrons. The van der Waals surface area contributed by atoms with Crippen LogP contribution < -0.4 is 0 Å². The van der Waals surface area contributed by atoms with Gasteiger partial charge in [-0.3, -0.25) is 9.38 Å². The Morgan fingerprint density at radius 3 is 2.86 bits per heavy atom. The highest BCUT2D eigenvalue weighted by Gasteiger charge is 2.19. The zero-order valence-corrected chi connectivity index (χ0v) is 12.2. The van der Waals surface area contributed by atoms with E-state index in [1.165, 1.54) is 11.3 Å². The minimum absolute atomic E-state index is 0.281. The predicted octanol–water partition coefficient (Wildman–Crippen LogP) is 3.78. The maximum Gasteiger partial charge on any atom is 0.195 e. The summed E-state index contributed by atoms with van der Waals surface area (Å²) in [6, 6.07) is 9.79. The Labute approximate surface area is 130 Å². The second kappa shape index (κ2) is 5.13. The third-order valence-electron chi connectivity index (χ3n) is 3.43. The van der Waals surface area contributed by atoms with Gasteiger partial charge in [-0.2, -0.15) is 5.26 Å². The van der Waals surface area contributed by atoms with Crippen molar-refractivity contribution in [2.45, 2.75) is 6.42 Å². The van der Waals surface area contributed by atoms with Crippen LogP contribution in [0.1, 0.15) is 5.69 Å². The number of aromatic nitrogens is 3. The molecule has 0 spiro atoms. The van der Waals surface area contributed by atoms with Gasteiger partial charge >= 0.3 is 0 Å². The molecule has 0 aliphatic rings. The van der Waals surface area contributed by atoms with E-state index in [2.05, 4.69) is 11.1 Å².